The van der Waals surface area contributed by atoms with Crippen molar-refractivity contribution in [3.63, 3.8) is 0 Å². The van der Waals surface area contributed by atoms with Crippen LogP contribution in [0, 0.1) is 5.92 Å². The molecule has 104 valence electrons. The van der Waals surface area contributed by atoms with Crippen LogP contribution in [0.3, 0.4) is 0 Å². The zero-order valence-electron chi connectivity index (χ0n) is 11.9. The van der Waals surface area contributed by atoms with Crippen molar-refractivity contribution in [2.24, 2.45) is 5.92 Å². The largest absolute Gasteiger partial charge is 0.313 e. The van der Waals surface area contributed by atoms with E-state index in [0.717, 1.165) is 18.0 Å². The molecule has 0 spiro atoms. The molecule has 4 heterocycles. The molecule has 0 aromatic rings. The van der Waals surface area contributed by atoms with Crippen molar-refractivity contribution in [1.29, 1.82) is 0 Å². The van der Waals surface area contributed by atoms with Crippen molar-refractivity contribution < 1.29 is 0 Å². The highest BCUT2D eigenvalue weighted by Crippen LogP contribution is 2.32. The van der Waals surface area contributed by atoms with Gasteiger partial charge < -0.3 is 10.2 Å². The molecule has 18 heavy (non-hydrogen) atoms. The Morgan fingerprint density at radius 2 is 1.89 bits per heavy atom. The smallest absolute Gasteiger partial charge is 0.0252 e. The van der Waals surface area contributed by atoms with Gasteiger partial charge in [-0.1, -0.05) is 6.92 Å². The van der Waals surface area contributed by atoms with Gasteiger partial charge in [0.15, 0.2) is 0 Å². The third-order valence-corrected chi connectivity index (χ3v) is 5.23. The van der Waals surface area contributed by atoms with Crippen LogP contribution in [-0.4, -0.2) is 61.2 Å². The summed E-state index contributed by atoms with van der Waals surface area (Å²) in [5.74, 6) is 1.000. The lowest BCUT2D eigenvalue weighted by molar-refractivity contribution is -0.00781. The molecule has 0 saturated carbocycles. The molecule has 3 heteroatoms. The van der Waals surface area contributed by atoms with E-state index >= 15 is 0 Å². The molecule has 3 nitrogen and oxygen atoms in total. The number of rotatable bonds is 4. The monoisotopic (exact) mass is 251 g/mol. The lowest BCUT2D eigenvalue weighted by atomic mass is 9.82. The number of piperidine rings is 4. The molecule has 2 atom stereocenters. The lowest BCUT2D eigenvalue weighted by Crippen LogP contribution is -2.60. The Kier molecular flexibility index (Phi) is 4.22. The zero-order valence-corrected chi connectivity index (χ0v) is 11.9. The Morgan fingerprint density at radius 1 is 1.06 bits per heavy atom. The summed E-state index contributed by atoms with van der Waals surface area (Å²) in [5, 5.41) is 3.73. The van der Waals surface area contributed by atoms with Crippen LogP contribution in [-0.2, 0) is 0 Å². The third-order valence-electron chi connectivity index (χ3n) is 5.23. The summed E-state index contributed by atoms with van der Waals surface area (Å²) in [5.41, 5.74) is 0. The van der Waals surface area contributed by atoms with Crippen molar-refractivity contribution in [2.75, 3.05) is 39.3 Å². The molecule has 0 aromatic heterocycles. The summed E-state index contributed by atoms with van der Waals surface area (Å²) in [6.45, 7) is 10.2. The van der Waals surface area contributed by atoms with Crippen LogP contribution in [0.5, 0.6) is 0 Å². The van der Waals surface area contributed by atoms with Gasteiger partial charge in [0.2, 0.25) is 0 Å². The standard InChI is InChI=1S/C15H29N3/c1-2-7-16-14-4-3-8-18(11-14)15-12-17-9-5-13(15)6-10-17/h13-16H,2-12H2,1H3. The van der Waals surface area contributed by atoms with Crippen LogP contribution in [0.4, 0.5) is 0 Å². The number of likely N-dealkylation sites (tertiary alicyclic amines) is 1. The van der Waals surface area contributed by atoms with E-state index in [1.807, 2.05) is 0 Å². The van der Waals surface area contributed by atoms with Gasteiger partial charge >= 0.3 is 0 Å². The van der Waals surface area contributed by atoms with Gasteiger partial charge in [-0.3, -0.25) is 4.90 Å². The van der Waals surface area contributed by atoms with Crippen LogP contribution in [0.2, 0.25) is 0 Å². The van der Waals surface area contributed by atoms with Gasteiger partial charge in [-0.15, -0.1) is 0 Å². The normalized spacial score (nSPS) is 41.2. The molecule has 4 fully saturated rings. The molecule has 4 rings (SSSR count). The summed E-state index contributed by atoms with van der Waals surface area (Å²) >= 11 is 0. The van der Waals surface area contributed by atoms with E-state index in [-0.39, 0.29) is 0 Å². The fraction of sp³-hybridized carbons (Fsp3) is 1.00. The van der Waals surface area contributed by atoms with Gasteiger partial charge in [0.1, 0.15) is 0 Å². The molecule has 1 N–H and O–H groups in total. The zero-order chi connectivity index (χ0) is 12.4. The highest BCUT2D eigenvalue weighted by molar-refractivity contribution is 4.94. The third kappa shape index (κ3) is 2.73. The van der Waals surface area contributed by atoms with Crippen molar-refractivity contribution in [3.8, 4) is 0 Å². The maximum Gasteiger partial charge on any atom is 0.0252 e. The lowest BCUT2D eigenvalue weighted by Gasteiger charge is -2.51. The molecule has 0 aromatic carbocycles. The van der Waals surface area contributed by atoms with Crippen LogP contribution in [0.15, 0.2) is 0 Å². The molecule has 0 amide bonds. The Morgan fingerprint density at radius 3 is 2.56 bits per heavy atom. The Balaban J connectivity index is 1.55. The summed E-state index contributed by atoms with van der Waals surface area (Å²) in [6, 6.07) is 1.63. The van der Waals surface area contributed by atoms with Gasteiger partial charge in [-0.25, -0.2) is 0 Å². The van der Waals surface area contributed by atoms with E-state index in [4.69, 9.17) is 0 Å². The first-order valence-electron chi connectivity index (χ1n) is 8.06. The SMILES string of the molecule is CCCNC1CCCN(C2CN3CCC2CC3)C1. The molecule has 4 saturated heterocycles. The summed E-state index contributed by atoms with van der Waals surface area (Å²) in [7, 11) is 0. The molecule has 4 aliphatic heterocycles. The molecule has 4 aliphatic rings. The average molecular weight is 251 g/mol. The van der Waals surface area contributed by atoms with Crippen LogP contribution >= 0.6 is 0 Å². The van der Waals surface area contributed by atoms with E-state index in [9.17, 15) is 0 Å². The maximum atomic E-state index is 3.73. The summed E-state index contributed by atoms with van der Waals surface area (Å²) in [6.07, 6.45) is 6.95. The number of hydrogen-bond acceptors (Lipinski definition) is 3. The molecule has 2 bridgehead atoms. The fourth-order valence-corrected chi connectivity index (χ4v) is 4.17. The minimum atomic E-state index is 0.758. The topological polar surface area (TPSA) is 18.5 Å². The Hall–Kier alpha value is -0.120. The fourth-order valence-electron chi connectivity index (χ4n) is 4.17. The van der Waals surface area contributed by atoms with Crippen molar-refractivity contribution in [1.82, 2.24) is 15.1 Å². The first-order chi connectivity index (χ1) is 8.86. The van der Waals surface area contributed by atoms with Crippen LogP contribution in [0.25, 0.3) is 0 Å². The number of nitrogens with zero attached hydrogens (tertiary/aromatic N) is 2. The predicted molar refractivity (Wildman–Crippen MR) is 75.8 cm³/mol. The molecular weight excluding hydrogens is 222 g/mol. The maximum absolute atomic E-state index is 3.73. The second kappa shape index (κ2) is 5.89. The van der Waals surface area contributed by atoms with E-state index in [2.05, 4.69) is 22.0 Å². The van der Waals surface area contributed by atoms with Gasteiger partial charge in [0, 0.05) is 25.2 Å². The van der Waals surface area contributed by atoms with E-state index in [0.29, 0.717) is 0 Å². The molecule has 0 radical (unpaired) electrons. The highest BCUT2D eigenvalue weighted by Gasteiger charge is 2.38. The van der Waals surface area contributed by atoms with Crippen molar-refractivity contribution >= 4 is 0 Å². The van der Waals surface area contributed by atoms with Crippen molar-refractivity contribution in [2.45, 2.75) is 51.1 Å². The number of nitrogens with one attached hydrogen (secondary N) is 1. The quantitative estimate of drug-likeness (QED) is 0.818. The first-order valence-corrected chi connectivity index (χ1v) is 8.06. The highest BCUT2D eigenvalue weighted by atomic mass is 15.3. The van der Waals surface area contributed by atoms with Crippen LogP contribution < -0.4 is 5.32 Å². The second-order valence-electron chi connectivity index (χ2n) is 6.49. The number of fused-ring (bicyclic) bond motifs is 3. The Labute approximate surface area is 112 Å². The number of hydrogen-bond donors (Lipinski definition) is 1. The first kappa shape index (κ1) is 12.9. The van der Waals surface area contributed by atoms with E-state index < -0.39 is 0 Å². The van der Waals surface area contributed by atoms with E-state index in [1.54, 1.807) is 0 Å². The van der Waals surface area contributed by atoms with Gasteiger partial charge in [0.05, 0.1) is 0 Å². The predicted octanol–water partition coefficient (Wildman–Crippen LogP) is 1.54. The van der Waals surface area contributed by atoms with Gasteiger partial charge in [0.25, 0.3) is 0 Å². The second-order valence-corrected chi connectivity index (χ2v) is 6.49. The van der Waals surface area contributed by atoms with Crippen molar-refractivity contribution in [3.05, 3.63) is 0 Å². The van der Waals surface area contributed by atoms with Gasteiger partial charge in [-0.05, 0) is 64.2 Å². The van der Waals surface area contributed by atoms with E-state index in [1.165, 1.54) is 71.4 Å². The minimum Gasteiger partial charge on any atom is -0.313 e. The van der Waals surface area contributed by atoms with Gasteiger partial charge in [-0.2, -0.15) is 0 Å². The summed E-state index contributed by atoms with van der Waals surface area (Å²) < 4.78 is 0. The summed E-state index contributed by atoms with van der Waals surface area (Å²) in [4.78, 5) is 5.50. The average Bonchev–Trinajstić information content (AvgIpc) is 2.46. The van der Waals surface area contributed by atoms with Crippen LogP contribution in [0.1, 0.15) is 39.0 Å². The Bertz CT molecular complexity index is 260. The molecule has 0 aliphatic carbocycles. The molecular formula is C15H29N3. The molecule has 2 unspecified atom stereocenters. The minimum absolute atomic E-state index is 0.758.